The third-order valence-electron chi connectivity index (χ3n) is 9.82. The monoisotopic (exact) mass is 684 g/mol. The van der Waals surface area contributed by atoms with Crippen LogP contribution in [0.1, 0.15) is 220 Å². The normalized spacial score (nSPS) is 13.0. The highest BCUT2D eigenvalue weighted by Gasteiger charge is 2.14. The van der Waals surface area contributed by atoms with E-state index in [0.29, 0.717) is 13.0 Å². The van der Waals surface area contributed by atoms with Gasteiger partial charge in [-0.15, -0.1) is 0 Å². The van der Waals surface area contributed by atoms with E-state index in [9.17, 15) is 15.0 Å². The van der Waals surface area contributed by atoms with Crippen molar-refractivity contribution < 1.29 is 24.5 Å². The molecule has 0 fully saturated rings. The second-order valence-corrected chi connectivity index (χ2v) is 14.6. The van der Waals surface area contributed by atoms with Crippen molar-refractivity contribution in [1.82, 2.24) is 4.90 Å². The van der Waals surface area contributed by atoms with Gasteiger partial charge < -0.3 is 24.6 Å². The molecule has 6 heteroatoms. The van der Waals surface area contributed by atoms with Gasteiger partial charge in [0.1, 0.15) is 0 Å². The average Bonchev–Trinajstić information content (AvgIpc) is 3.08. The molecule has 0 rings (SSSR count). The summed E-state index contributed by atoms with van der Waals surface area (Å²) in [6.45, 7) is 10.4. The van der Waals surface area contributed by atoms with E-state index in [1.807, 2.05) is 0 Å². The fourth-order valence-corrected chi connectivity index (χ4v) is 6.64. The number of aliphatic hydroxyl groups is 2. The van der Waals surface area contributed by atoms with Crippen LogP contribution in [-0.2, 0) is 14.3 Å². The third kappa shape index (κ3) is 35.1. The molecule has 6 nitrogen and oxygen atoms in total. The maximum atomic E-state index is 12.0. The molecule has 0 saturated carbocycles. The van der Waals surface area contributed by atoms with Gasteiger partial charge in [-0.05, 0) is 64.5 Å². The van der Waals surface area contributed by atoms with Gasteiger partial charge in [-0.3, -0.25) is 4.79 Å². The van der Waals surface area contributed by atoms with Crippen LogP contribution in [0.3, 0.4) is 0 Å². The molecule has 0 spiro atoms. The highest BCUT2D eigenvalue weighted by Crippen LogP contribution is 2.19. The molecule has 0 saturated heterocycles. The van der Waals surface area contributed by atoms with Gasteiger partial charge in [0.05, 0.1) is 19.3 Å². The van der Waals surface area contributed by atoms with E-state index in [4.69, 9.17) is 9.47 Å². The third-order valence-corrected chi connectivity index (χ3v) is 9.82. The molecule has 0 heterocycles. The summed E-state index contributed by atoms with van der Waals surface area (Å²) in [7, 11) is 0. The number of carbonyl (C=O) groups excluding carboxylic acids is 1. The number of ether oxygens (including phenoxy) is 2. The predicted octanol–water partition coefficient (Wildman–Crippen LogP) is 11.7. The number of carbonyl (C=O) groups is 1. The second kappa shape index (κ2) is 39.1. The summed E-state index contributed by atoms with van der Waals surface area (Å²) in [6, 6.07) is 0. The maximum absolute atomic E-state index is 12.0. The van der Waals surface area contributed by atoms with Crippen LogP contribution in [0.15, 0.2) is 0 Å². The molecular formula is C42H85NO5. The molecule has 0 aromatic heterocycles. The van der Waals surface area contributed by atoms with Crippen LogP contribution in [0.5, 0.6) is 0 Å². The van der Waals surface area contributed by atoms with E-state index in [0.717, 1.165) is 90.3 Å². The molecule has 0 aromatic carbocycles. The molecule has 288 valence electrons. The van der Waals surface area contributed by atoms with Crippen molar-refractivity contribution in [2.75, 3.05) is 32.8 Å². The van der Waals surface area contributed by atoms with Crippen LogP contribution in [0.25, 0.3) is 0 Å². The van der Waals surface area contributed by atoms with Gasteiger partial charge in [0, 0.05) is 13.0 Å². The topological polar surface area (TPSA) is 79.2 Å². The Morgan fingerprint density at radius 1 is 0.521 bits per heavy atom. The first-order chi connectivity index (χ1) is 23.6. The largest absolute Gasteiger partial charge is 0.466 e. The lowest BCUT2D eigenvalue weighted by Gasteiger charge is -2.22. The first-order valence-electron chi connectivity index (χ1n) is 21.4. The molecule has 2 atom stereocenters. The zero-order valence-electron chi connectivity index (χ0n) is 32.7. The van der Waals surface area contributed by atoms with E-state index in [-0.39, 0.29) is 18.7 Å². The molecule has 0 aliphatic heterocycles. The van der Waals surface area contributed by atoms with E-state index in [1.165, 1.54) is 122 Å². The highest BCUT2D eigenvalue weighted by atomic mass is 16.6. The first-order valence-corrected chi connectivity index (χ1v) is 21.4. The highest BCUT2D eigenvalue weighted by molar-refractivity contribution is 5.69. The molecule has 0 aromatic rings. The van der Waals surface area contributed by atoms with Crippen LogP contribution in [0.2, 0.25) is 0 Å². The Morgan fingerprint density at radius 2 is 0.938 bits per heavy atom. The standard InChI is InChI=1S/C42H85NO5/c1-4-7-10-13-15-23-30-39-47-41(45)33-26-19-16-21-28-35-43(37-38-44)36-29-22-17-20-27-34-42(46)48-40(31-24-12-9-6-3)32-25-18-14-11-8-5-2/h40,42,44,46H,4-39H2,1-3H3. The van der Waals surface area contributed by atoms with Crippen LogP contribution in [-0.4, -0.2) is 66.3 Å². The van der Waals surface area contributed by atoms with Crippen molar-refractivity contribution in [2.24, 2.45) is 0 Å². The van der Waals surface area contributed by atoms with Crippen molar-refractivity contribution in [3.8, 4) is 0 Å². The molecule has 0 radical (unpaired) electrons. The van der Waals surface area contributed by atoms with Gasteiger partial charge in [0.15, 0.2) is 6.29 Å². The minimum Gasteiger partial charge on any atom is -0.466 e. The van der Waals surface area contributed by atoms with Gasteiger partial charge in [0.2, 0.25) is 0 Å². The summed E-state index contributed by atoms with van der Waals surface area (Å²) in [4.78, 5) is 14.4. The molecule has 2 N–H and O–H groups in total. The lowest BCUT2D eigenvalue weighted by molar-refractivity contribution is -0.144. The molecule has 0 bridgehead atoms. The molecule has 0 aliphatic rings. The number of aliphatic hydroxyl groups excluding tert-OH is 2. The van der Waals surface area contributed by atoms with E-state index >= 15 is 0 Å². The smallest absolute Gasteiger partial charge is 0.305 e. The quantitative estimate of drug-likeness (QED) is 0.0380. The number of unbranched alkanes of at least 4 members (excludes halogenated alkanes) is 22. The summed E-state index contributed by atoms with van der Waals surface area (Å²) in [6.07, 6.45) is 35.9. The molecule has 2 unspecified atom stereocenters. The van der Waals surface area contributed by atoms with E-state index in [2.05, 4.69) is 25.7 Å². The van der Waals surface area contributed by atoms with Crippen LogP contribution >= 0.6 is 0 Å². The zero-order chi connectivity index (χ0) is 35.2. The minimum atomic E-state index is -0.616. The van der Waals surface area contributed by atoms with Gasteiger partial charge in [-0.2, -0.15) is 0 Å². The number of hydrogen-bond acceptors (Lipinski definition) is 6. The van der Waals surface area contributed by atoms with E-state index < -0.39 is 6.29 Å². The van der Waals surface area contributed by atoms with Crippen molar-refractivity contribution in [3.63, 3.8) is 0 Å². The second-order valence-electron chi connectivity index (χ2n) is 14.6. The molecule has 0 aliphatic carbocycles. The Hall–Kier alpha value is -0.690. The van der Waals surface area contributed by atoms with E-state index in [1.54, 1.807) is 0 Å². The van der Waals surface area contributed by atoms with Crippen molar-refractivity contribution in [3.05, 3.63) is 0 Å². The minimum absolute atomic E-state index is 0.0276. The summed E-state index contributed by atoms with van der Waals surface area (Å²) in [5.74, 6) is -0.0276. The Labute approximate surface area is 299 Å². The maximum Gasteiger partial charge on any atom is 0.305 e. The molecule has 48 heavy (non-hydrogen) atoms. The summed E-state index contributed by atoms with van der Waals surface area (Å²) in [5.41, 5.74) is 0. The fourth-order valence-electron chi connectivity index (χ4n) is 6.64. The Bertz CT molecular complexity index is 633. The zero-order valence-corrected chi connectivity index (χ0v) is 32.7. The lowest BCUT2D eigenvalue weighted by Crippen LogP contribution is -2.29. The van der Waals surface area contributed by atoms with Gasteiger partial charge in [-0.25, -0.2) is 0 Å². The summed E-state index contributed by atoms with van der Waals surface area (Å²) >= 11 is 0. The Morgan fingerprint density at radius 3 is 1.46 bits per heavy atom. The number of rotatable bonds is 40. The van der Waals surface area contributed by atoms with Crippen LogP contribution in [0, 0.1) is 0 Å². The lowest BCUT2D eigenvalue weighted by atomic mass is 10.0. The summed E-state index contributed by atoms with van der Waals surface area (Å²) < 4.78 is 11.6. The fraction of sp³-hybridized carbons (Fsp3) is 0.976. The Kier molecular flexibility index (Phi) is 38.5. The molecular weight excluding hydrogens is 598 g/mol. The van der Waals surface area contributed by atoms with Gasteiger partial charge in [-0.1, -0.05) is 162 Å². The predicted molar refractivity (Wildman–Crippen MR) is 206 cm³/mol. The SMILES string of the molecule is CCCCCCCCCOC(=O)CCCCCCCN(CCO)CCCCCCCC(O)OC(CCCCCC)CCCCCCCC. The first kappa shape index (κ1) is 47.3. The van der Waals surface area contributed by atoms with Crippen molar-refractivity contribution >= 4 is 5.97 Å². The average molecular weight is 684 g/mol. The summed E-state index contributed by atoms with van der Waals surface area (Å²) in [5, 5.41) is 20.1. The van der Waals surface area contributed by atoms with Crippen molar-refractivity contribution in [1.29, 1.82) is 0 Å². The number of nitrogens with zero attached hydrogens (tertiary/aromatic N) is 1. The Balaban J connectivity index is 3.87. The van der Waals surface area contributed by atoms with Crippen LogP contribution in [0.4, 0.5) is 0 Å². The number of hydrogen-bond donors (Lipinski definition) is 2. The van der Waals surface area contributed by atoms with Crippen molar-refractivity contribution in [2.45, 2.75) is 232 Å². The van der Waals surface area contributed by atoms with Gasteiger partial charge in [0.25, 0.3) is 0 Å². The van der Waals surface area contributed by atoms with Crippen LogP contribution < -0.4 is 0 Å². The number of esters is 1. The van der Waals surface area contributed by atoms with Gasteiger partial charge >= 0.3 is 5.97 Å². The molecule has 0 amide bonds.